The Morgan fingerprint density at radius 3 is 2.38 bits per heavy atom. The highest BCUT2D eigenvalue weighted by Gasteiger charge is 2.52. The summed E-state index contributed by atoms with van der Waals surface area (Å²) in [5.41, 5.74) is 0.501. The van der Waals surface area contributed by atoms with Gasteiger partial charge in [0.15, 0.2) is 0 Å². The number of nitrogens with one attached hydrogen (secondary N) is 2. The summed E-state index contributed by atoms with van der Waals surface area (Å²) < 4.78 is 4.91. The van der Waals surface area contributed by atoms with Crippen molar-refractivity contribution in [3.63, 3.8) is 0 Å². The van der Waals surface area contributed by atoms with Crippen molar-refractivity contribution in [2.45, 2.75) is 51.5 Å². The molecule has 0 radical (unpaired) electrons. The van der Waals surface area contributed by atoms with Gasteiger partial charge in [-0.25, -0.2) is 0 Å². The summed E-state index contributed by atoms with van der Waals surface area (Å²) in [6.45, 7) is 3.09. The van der Waals surface area contributed by atoms with Crippen LogP contribution in [0.4, 0.5) is 0 Å². The zero-order valence-electron chi connectivity index (χ0n) is 14.8. The average molecular weight is 331 g/mol. The second-order valence-corrected chi connectivity index (χ2v) is 8.09. The lowest BCUT2D eigenvalue weighted by molar-refractivity contribution is -0.117. The number of nitriles is 1. The van der Waals surface area contributed by atoms with E-state index in [0.717, 1.165) is 17.8 Å². The molecule has 1 atom stereocenters. The molecule has 4 fully saturated rings. The summed E-state index contributed by atoms with van der Waals surface area (Å²) in [7, 11) is 1.59. The Kier molecular flexibility index (Phi) is 5.15. The molecular weight excluding hydrogens is 302 g/mol. The molecule has 0 heterocycles. The highest BCUT2D eigenvalue weighted by Crippen LogP contribution is 2.61. The van der Waals surface area contributed by atoms with Crippen LogP contribution >= 0.6 is 0 Å². The van der Waals surface area contributed by atoms with Gasteiger partial charge in [-0.2, -0.15) is 5.26 Å². The topological polar surface area (TPSA) is 74.1 Å². The van der Waals surface area contributed by atoms with Crippen LogP contribution in [0.2, 0.25) is 0 Å². The van der Waals surface area contributed by atoms with E-state index in [4.69, 9.17) is 4.74 Å². The van der Waals surface area contributed by atoms with Crippen LogP contribution in [-0.4, -0.2) is 32.2 Å². The first-order chi connectivity index (χ1) is 11.6. The normalized spacial score (nSPS) is 35.4. The number of amides is 1. The summed E-state index contributed by atoms with van der Waals surface area (Å²) in [5, 5.41) is 15.3. The molecule has 0 saturated heterocycles. The Bertz CT molecular complexity index is 514. The molecule has 1 amide bonds. The van der Waals surface area contributed by atoms with E-state index in [0.29, 0.717) is 24.6 Å². The van der Waals surface area contributed by atoms with Crippen LogP contribution in [0, 0.1) is 34.5 Å². The Morgan fingerprint density at radius 2 is 1.88 bits per heavy atom. The molecule has 132 valence electrons. The maximum absolute atomic E-state index is 12.0. The van der Waals surface area contributed by atoms with Crippen molar-refractivity contribution in [3.05, 3.63) is 11.8 Å². The largest absolute Gasteiger partial charge is 0.387 e. The first kappa shape index (κ1) is 17.3. The first-order valence-electron chi connectivity index (χ1n) is 9.20. The summed E-state index contributed by atoms with van der Waals surface area (Å²) in [6.07, 6.45) is 9.81. The molecule has 4 saturated carbocycles. The van der Waals surface area contributed by atoms with Crippen molar-refractivity contribution in [2.24, 2.45) is 23.2 Å². The van der Waals surface area contributed by atoms with Crippen LogP contribution in [0.1, 0.15) is 45.4 Å². The lowest BCUT2D eigenvalue weighted by Crippen LogP contribution is -2.54. The fourth-order valence-electron chi connectivity index (χ4n) is 5.60. The molecular formula is C19H29N3O2. The van der Waals surface area contributed by atoms with Gasteiger partial charge in [-0.1, -0.05) is 0 Å². The van der Waals surface area contributed by atoms with E-state index in [9.17, 15) is 10.1 Å². The highest BCUT2D eigenvalue weighted by molar-refractivity contribution is 5.97. The number of ether oxygens (including phenoxy) is 1. The standard InChI is InChI=1S/C19H29N3O2/c1-13(22-12-17(11-20)18(23)21-3-4-24-2)19-8-14-5-15(9-19)7-16(6-14)10-19/h12-16,22H,3-10H2,1-2H3,(H,21,23)/b17-12-. The summed E-state index contributed by atoms with van der Waals surface area (Å²) >= 11 is 0. The third-order valence-electron chi connectivity index (χ3n) is 6.44. The van der Waals surface area contributed by atoms with Gasteiger partial charge >= 0.3 is 0 Å². The first-order valence-corrected chi connectivity index (χ1v) is 9.20. The van der Waals surface area contributed by atoms with E-state index in [1.54, 1.807) is 13.3 Å². The highest BCUT2D eigenvalue weighted by atomic mass is 16.5. The Balaban J connectivity index is 1.60. The predicted molar refractivity (Wildman–Crippen MR) is 91.8 cm³/mol. The molecule has 4 aliphatic carbocycles. The Morgan fingerprint density at radius 1 is 1.29 bits per heavy atom. The Hall–Kier alpha value is -1.54. The summed E-state index contributed by atoms with van der Waals surface area (Å²) in [5.74, 6) is 2.37. The SMILES string of the molecule is COCCNC(=O)/C(C#N)=C\NC(C)C12CC3CC(CC(C3)C1)C2. The van der Waals surface area contributed by atoms with E-state index in [-0.39, 0.29) is 11.5 Å². The van der Waals surface area contributed by atoms with Crippen molar-refractivity contribution < 1.29 is 9.53 Å². The lowest BCUT2D eigenvalue weighted by atomic mass is 9.48. The zero-order valence-corrected chi connectivity index (χ0v) is 14.8. The molecule has 4 rings (SSSR count). The lowest BCUT2D eigenvalue weighted by Gasteiger charge is -2.59. The zero-order chi connectivity index (χ0) is 17.2. The second-order valence-electron chi connectivity index (χ2n) is 8.09. The molecule has 24 heavy (non-hydrogen) atoms. The number of rotatable bonds is 7. The maximum Gasteiger partial charge on any atom is 0.263 e. The molecule has 2 N–H and O–H groups in total. The predicted octanol–water partition coefficient (Wildman–Crippen LogP) is 2.35. The number of methoxy groups -OCH3 is 1. The van der Waals surface area contributed by atoms with Crippen LogP contribution in [-0.2, 0) is 9.53 Å². The summed E-state index contributed by atoms with van der Waals surface area (Å²) in [6, 6.07) is 2.31. The van der Waals surface area contributed by atoms with E-state index in [2.05, 4.69) is 17.6 Å². The van der Waals surface area contributed by atoms with Crippen molar-refractivity contribution in [1.82, 2.24) is 10.6 Å². The van der Waals surface area contributed by atoms with Crippen LogP contribution < -0.4 is 10.6 Å². The molecule has 4 aliphatic rings. The fraction of sp³-hybridized carbons (Fsp3) is 0.789. The van der Waals surface area contributed by atoms with Gasteiger partial charge in [0, 0.05) is 25.9 Å². The molecule has 0 aromatic carbocycles. The molecule has 0 aromatic heterocycles. The molecule has 0 spiro atoms. The number of hydrogen-bond acceptors (Lipinski definition) is 4. The van der Waals surface area contributed by atoms with Gasteiger partial charge in [0.2, 0.25) is 0 Å². The molecule has 1 unspecified atom stereocenters. The van der Waals surface area contributed by atoms with E-state index in [1.165, 1.54) is 38.5 Å². The van der Waals surface area contributed by atoms with Crippen molar-refractivity contribution in [2.75, 3.05) is 20.3 Å². The number of nitrogens with zero attached hydrogens (tertiary/aromatic N) is 1. The maximum atomic E-state index is 12.0. The quantitative estimate of drug-likeness (QED) is 0.427. The van der Waals surface area contributed by atoms with Crippen molar-refractivity contribution in [1.29, 1.82) is 5.26 Å². The number of carbonyl (C=O) groups is 1. The van der Waals surface area contributed by atoms with Gasteiger partial charge in [0.05, 0.1) is 6.61 Å². The minimum absolute atomic E-state index is 0.141. The van der Waals surface area contributed by atoms with Crippen molar-refractivity contribution >= 4 is 5.91 Å². The van der Waals surface area contributed by atoms with Crippen LogP contribution in [0.25, 0.3) is 0 Å². The van der Waals surface area contributed by atoms with Gasteiger partial charge in [0.25, 0.3) is 5.91 Å². The summed E-state index contributed by atoms with van der Waals surface area (Å²) in [4.78, 5) is 12.0. The van der Waals surface area contributed by atoms with Gasteiger partial charge < -0.3 is 15.4 Å². The third kappa shape index (κ3) is 3.44. The average Bonchev–Trinajstić information content (AvgIpc) is 2.54. The fourth-order valence-corrected chi connectivity index (χ4v) is 5.60. The monoisotopic (exact) mass is 331 g/mol. The van der Waals surface area contributed by atoms with E-state index < -0.39 is 0 Å². The van der Waals surface area contributed by atoms with Crippen LogP contribution in [0.15, 0.2) is 11.8 Å². The molecule has 4 bridgehead atoms. The number of hydrogen-bond donors (Lipinski definition) is 2. The van der Waals surface area contributed by atoms with Gasteiger partial charge in [-0.15, -0.1) is 0 Å². The molecule has 5 nitrogen and oxygen atoms in total. The minimum atomic E-state index is -0.334. The van der Waals surface area contributed by atoms with Gasteiger partial charge in [-0.05, 0) is 68.6 Å². The number of carbonyl (C=O) groups excluding carboxylic acids is 1. The minimum Gasteiger partial charge on any atom is -0.387 e. The smallest absolute Gasteiger partial charge is 0.263 e. The van der Waals surface area contributed by atoms with Crippen molar-refractivity contribution in [3.8, 4) is 6.07 Å². The molecule has 5 heteroatoms. The second kappa shape index (κ2) is 7.14. The van der Waals surface area contributed by atoms with Gasteiger partial charge in [-0.3, -0.25) is 4.79 Å². The third-order valence-corrected chi connectivity index (χ3v) is 6.44. The van der Waals surface area contributed by atoms with E-state index >= 15 is 0 Å². The van der Waals surface area contributed by atoms with Crippen LogP contribution in [0.3, 0.4) is 0 Å². The van der Waals surface area contributed by atoms with Gasteiger partial charge in [0.1, 0.15) is 11.6 Å². The Labute approximate surface area is 144 Å². The van der Waals surface area contributed by atoms with E-state index in [1.807, 2.05) is 6.07 Å². The molecule has 0 aliphatic heterocycles. The van der Waals surface area contributed by atoms with Crippen LogP contribution in [0.5, 0.6) is 0 Å². The molecule has 0 aromatic rings.